The van der Waals surface area contributed by atoms with Crippen LogP contribution in [0.15, 0.2) is 24.3 Å². The highest BCUT2D eigenvalue weighted by Gasteiger charge is 2.28. The lowest BCUT2D eigenvalue weighted by molar-refractivity contribution is -0.139. The summed E-state index contributed by atoms with van der Waals surface area (Å²) < 4.78 is 5.31. The summed E-state index contributed by atoms with van der Waals surface area (Å²) >= 11 is 0. The van der Waals surface area contributed by atoms with Crippen molar-refractivity contribution in [3.8, 4) is 6.07 Å². The van der Waals surface area contributed by atoms with Crippen LogP contribution in [0.3, 0.4) is 0 Å². The average molecular weight is 315 g/mol. The summed E-state index contributed by atoms with van der Waals surface area (Å²) in [6, 6.07) is 8.39. The van der Waals surface area contributed by atoms with E-state index in [-0.39, 0.29) is 50.3 Å². The zero-order valence-electron chi connectivity index (χ0n) is 12.6. The molecule has 0 saturated carbocycles. The van der Waals surface area contributed by atoms with Crippen LogP contribution in [-0.4, -0.2) is 48.9 Å². The molecule has 0 unspecified atom stereocenters. The predicted molar refractivity (Wildman–Crippen MR) is 80.3 cm³/mol. The Bertz CT molecular complexity index is 635. The third-order valence-corrected chi connectivity index (χ3v) is 3.40. The fraction of sp³-hybridized carbons (Fsp3) is 0.375. The predicted octanol–water partition coefficient (Wildman–Crippen LogP) is 0.454. The number of nitrogens with zero attached hydrogens (tertiary/aromatic N) is 2. The minimum Gasteiger partial charge on any atom is -0.378 e. The molecule has 1 fully saturated rings. The lowest BCUT2D eigenvalue weighted by Gasteiger charge is -2.13. The van der Waals surface area contributed by atoms with E-state index in [2.05, 4.69) is 5.32 Å². The molecule has 1 aromatic carbocycles. The number of ether oxygens (including phenoxy) is 1. The van der Waals surface area contributed by atoms with Crippen LogP contribution in [0.4, 0.5) is 0 Å². The van der Waals surface area contributed by atoms with Gasteiger partial charge in [-0.05, 0) is 18.2 Å². The van der Waals surface area contributed by atoms with Crippen molar-refractivity contribution in [2.24, 2.45) is 0 Å². The topological polar surface area (TPSA) is 99.5 Å². The molecule has 23 heavy (non-hydrogen) atoms. The van der Waals surface area contributed by atoms with Gasteiger partial charge in [0.2, 0.25) is 11.8 Å². The molecule has 0 atom stereocenters. The Morgan fingerprint density at radius 3 is 2.70 bits per heavy atom. The number of nitrogens with one attached hydrogen (secondary N) is 1. The normalized spacial score (nSPS) is 14.0. The monoisotopic (exact) mass is 315 g/mol. The second kappa shape index (κ2) is 8.06. The quantitative estimate of drug-likeness (QED) is 0.582. The lowest BCUT2D eigenvalue weighted by Crippen LogP contribution is -2.33. The molecule has 1 aromatic rings. The summed E-state index contributed by atoms with van der Waals surface area (Å²) in [6.07, 6.45) is 0.549. The molecule has 3 amide bonds. The van der Waals surface area contributed by atoms with Gasteiger partial charge < -0.3 is 10.1 Å². The number of rotatable bonds is 7. The van der Waals surface area contributed by atoms with Gasteiger partial charge in [-0.1, -0.05) is 6.07 Å². The zero-order valence-corrected chi connectivity index (χ0v) is 12.6. The standard InChI is InChI=1S/C16H17N3O4/c17-11-12-2-1-3-13(10-12)16(22)18-6-8-23-9-7-19-14(20)4-5-15(19)21/h1-3,10H,4-9H2,(H,18,22). The van der Waals surface area contributed by atoms with Crippen LogP contribution >= 0.6 is 0 Å². The van der Waals surface area contributed by atoms with Crippen molar-refractivity contribution in [2.45, 2.75) is 12.8 Å². The molecule has 7 heteroatoms. The van der Waals surface area contributed by atoms with Gasteiger partial charge in [0.25, 0.3) is 5.91 Å². The number of benzene rings is 1. The van der Waals surface area contributed by atoms with E-state index in [0.29, 0.717) is 17.7 Å². The first kappa shape index (κ1) is 16.6. The number of hydrogen-bond donors (Lipinski definition) is 1. The number of likely N-dealkylation sites (tertiary alicyclic amines) is 1. The molecule has 0 aromatic heterocycles. The van der Waals surface area contributed by atoms with Crippen molar-refractivity contribution in [2.75, 3.05) is 26.3 Å². The summed E-state index contributed by atoms with van der Waals surface area (Å²) in [5.74, 6) is -0.607. The van der Waals surface area contributed by atoms with Gasteiger partial charge in [-0.2, -0.15) is 5.26 Å². The van der Waals surface area contributed by atoms with Gasteiger partial charge in [-0.15, -0.1) is 0 Å². The third-order valence-electron chi connectivity index (χ3n) is 3.40. The van der Waals surface area contributed by atoms with E-state index in [1.54, 1.807) is 18.2 Å². The summed E-state index contributed by atoms with van der Waals surface area (Å²) in [5.41, 5.74) is 0.839. The molecule has 1 aliphatic rings. The van der Waals surface area contributed by atoms with Gasteiger partial charge in [-0.25, -0.2) is 0 Å². The number of hydrogen-bond acceptors (Lipinski definition) is 5. The highest BCUT2D eigenvalue weighted by Crippen LogP contribution is 2.10. The van der Waals surface area contributed by atoms with Gasteiger partial charge in [0, 0.05) is 24.9 Å². The number of carbonyl (C=O) groups is 3. The fourth-order valence-corrected chi connectivity index (χ4v) is 2.20. The maximum atomic E-state index is 11.9. The number of imide groups is 1. The Labute approximate surface area is 133 Å². The van der Waals surface area contributed by atoms with Crippen LogP contribution in [0.5, 0.6) is 0 Å². The molecule has 120 valence electrons. The van der Waals surface area contributed by atoms with Crippen LogP contribution < -0.4 is 5.32 Å². The maximum absolute atomic E-state index is 11.9. The molecular weight excluding hydrogens is 298 g/mol. The molecule has 7 nitrogen and oxygen atoms in total. The van der Waals surface area contributed by atoms with Crippen LogP contribution in [0, 0.1) is 11.3 Å². The summed E-state index contributed by atoms with van der Waals surface area (Å²) in [5, 5.41) is 11.5. The zero-order chi connectivity index (χ0) is 16.7. The Kier molecular flexibility index (Phi) is 5.83. The smallest absolute Gasteiger partial charge is 0.251 e. The first-order valence-corrected chi connectivity index (χ1v) is 7.31. The van der Waals surface area contributed by atoms with E-state index in [0.717, 1.165) is 0 Å². The van der Waals surface area contributed by atoms with Gasteiger partial charge in [0.1, 0.15) is 0 Å². The third kappa shape index (κ3) is 4.63. The van der Waals surface area contributed by atoms with Crippen molar-refractivity contribution < 1.29 is 19.1 Å². The highest BCUT2D eigenvalue weighted by atomic mass is 16.5. The first-order chi connectivity index (χ1) is 11.1. The summed E-state index contributed by atoms with van der Waals surface area (Å²) in [4.78, 5) is 35.8. The first-order valence-electron chi connectivity index (χ1n) is 7.31. The van der Waals surface area contributed by atoms with Crippen molar-refractivity contribution in [3.05, 3.63) is 35.4 Å². The molecule has 0 spiro atoms. The molecule has 2 rings (SSSR count). The van der Waals surface area contributed by atoms with E-state index in [1.807, 2.05) is 6.07 Å². The molecule has 1 aliphatic heterocycles. The Balaban J connectivity index is 1.63. The Morgan fingerprint density at radius 1 is 1.26 bits per heavy atom. The number of amides is 3. The summed E-state index contributed by atoms with van der Waals surface area (Å²) in [7, 11) is 0. The summed E-state index contributed by atoms with van der Waals surface area (Å²) in [6.45, 7) is 1.07. The maximum Gasteiger partial charge on any atom is 0.251 e. The fourth-order valence-electron chi connectivity index (χ4n) is 2.20. The van der Waals surface area contributed by atoms with Crippen LogP contribution in [0.25, 0.3) is 0 Å². The molecular formula is C16H17N3O4. The van der Waals surface area contributed by atoms with E-state index in [1.165, 1.54) is 11.0 Å². The lowest BCUT2D eigenvalue weighted by atomic mass is 10.1. The van der Waals surface area contributed by atoms with E-state index in [4.69, 9.17) is 10.00 Å². The average Bonchev–Trinajstić information content (AvgIpc) is 2.89. The van der Waals surface area contributed by atoms with E-state index >= 15 is 0 Å². The van der Waals surface area contributed by atoms with Gasteiger partial charge in [0.05, 0.1) is 31.4 Å². The van der Waals surface area contributed by atoms with Gasteiger partial charge in [-0.3, -0.25) is 19.3 Å². The second-order valence-corrected chi connectivity index (χ2v) is 5.00. The largest absolute Gasteiger partial charge is 0.378 e. The Morgan fingerprint density at radius 2 is 2.00 bits per heavy atom. The van der Waals surface area contributed by atoms with E-state index < -0.39 is 0 Å². The number of carbonyl (C=O) groups excluding carboxylic acids is 3. The van der Waals surface area contributed by atoms with Crippen molar-refractivity contribution in [1.29, 1.82) is 5.26 Å². The van der Waals surface area contributed by atoms with E-state index in [9.17, 15) is 14.4 Å². The van der Waals surface area contributed by atoms with Crippen molar-refractivity contribution in [3.63, 3.8) is 0 Å². The van der Waals surface area contributed by atoms with Crippen molar-refractivity contribution in [1.82, 2.24) is 10.2 Å². The van der Waals surface area contributed by atoms with Gasteiger partial charge >= 0.3 is 0 Å². The number of nitriles is 1. The molecule has 1 heterocycles. The van der Waals surface area contributed by atoms with Crippen LogP contribution in [0.2, 0.25) is 0 Å². The molecule has 0 bridgehead atoms. The molecule has 0 aliphatic carbocycles. The second-order valence-electron chi connectivity index (χ2n) is 5.00. The molecule has 1 N–H and O–H groups in total. The van der Waals surface area contributed by atoms with Crippen LogP contribution in [-0.2, 0) is 14.3 Å². The Hall–Kier alpha value is -2.72. The molecule has 0 radical (unpaired) electrons. The van der Waals surface area contributed by atoms with Gasteiger partial charge in [0.15, 0.2) is 0 Å². The van der Waals surface area contributed by atoms with Crippen molar-refractivity contribution >= 4 is 17.7 Å². The SMILES string of the molecule is N#Cc1cccc(C(=O)NCCOCCN2C(=O)CCC2=O)c1. The minimum absolute atomic E-state index is 0.163. The highest BCUT2D eigenvalue weighted by molar-refractivity contribution is 6.01. The van der Waals surface area contributed by atoms with Crippen LogP contribution in [0.1, 0.15) is 28.8 Å². The molecule has 1 saturated heterocycles. The minimum atomic E-state index is -0.282.